The van der Waals surface area contributed by atoms with Gasteiger partial charge >= 0.3 is 0 Å². The molecule has 0 aliphatic carbocycles. The minimum Gasteiger partial charge on any atom is -0.369 e. The predicted molar refractivity (Wildman–Crippen MR) is 133 cm³/mol. The van der Waals surface area contributed by atoms with Gasteiger partial charge in [0.05, 0.1) is 5.69 Å². The number of nitrogens with one attached hydrogen (secondary N) is 2. The largest absolute Gasteiger partial charge is 0.369 e. The second kappa shape index (κ2) is 11.9. The van der Waals surface area contributed by atoms with Crippen molar-refractivity contribution in [3.63, 3.8) is 0 Å². The predicted octanol–water partition coefficient (Wildman–Crippen LogP) is 4.74. The van der Waals surface area contributed by atoms with Crippen LogP contribution < -0.4 is 10.6 Å². The van der Waals surface area contributed by atoms with Gasteiger partial charge in [0, 0.05) is 36.7 Å². The van der Waals surface area contributed by atoms with Gasteiger partial charge in [-0.05, 0) is 32.6 Å². The van der Waals surface area contributed by atoms with Gasteiger partial charge in [0.15, 0.2) is 11.6 Å². The van der Waals surface area contributed by atoms with E-state index in [2.05, 4.69) is 25.5 Å². The quantitative estimate of drug-likeness (QED) is 0.415. The number of benzene rings is 2. The molecule has 0 aliphatic heterocycles. The number of rotatable bonds is 11. The number of carbonyl (C=O) groups is 2. The average molecular weight is 446 g/mol. The van der Waals surface area contributed by atoms with Gasteiger partial charge in [-0.15, -0.1) is 0 Å². The van der Waals surface area contributed by atoms with E-state index >= 15 is 0 Å². The highest BCUT2D eigenvalue weighted by molar-refractivity contribution is 6.09. The van der Waals surface area contributed by atoms with Crippen LogP contribution in [0.15, 0.2) is 60.7 Å². The standard InChI is InChI=1S/C26H31N5O2/c1-4-5-15-23(32)20-13-9-10-14-21(20)29-26(33)22-18-24(27-16-17-31(2)3)30-25(28-22)19-11-7-6-8-12-19/h6-14,18H,4-5,15-17H2,1-3H3,(H,29,33)(H,27,28,30). The number of Topliss-reactive ketones (excluding diaryl/α,β-unsaturated/α-hetero) is 1. The first-order valence-electron chi connectivity index (χ1n) is 11.2. The Hall–Kier alpha value is -3.58. The highest BCUT2D eigenvalue weighted by atomic mass is 16.2. The normalized spacial score (nSPS) is 10.8. The number of hydrogen-bond donors (Lipinski definition) is 2. The number of unbranched alkanes of at least 4 members (excludes halogenated alkanes) is 1. The molecule has 33 heavy (non-hydrogen) atoms. The number of hydrogen-bond acceptors (Lipinski definition) is 6. The third kappa shape index (κ3) is 6.95. The Labute approximate surface area is 195 Å². The summed E-state index contributed by atoms with van der Waals surface area (Å²) in [5.74, 6) is 0.665. The number of carbonyl (C=O) groups excluding carboxylic acids is 2. The SMILES string of the molecule is CCCCC(=O)c1ccccc1NC(=O)c1cc(NCCN(C)C)nc(-c2ccccc2)n1. The topological polar surface area (TPSA) is 87.2 Å². The van der Waals surface area contributed by atoms with Crippen molar-refractivity contribution in [2.24, 2.45) is 0 Å². The summed E-state index contributed by atoms with van der Waals surface area (Å²) in [7, 11) is 3.99. The van der Waals surface area contributed by atoms with E-state index in [1.807, 2.05) is 51.4 Å². The van der Waals surface area contributed by atoms with Crippen molar-refractivity contribution in [1.29, 1.82) is 0 Å². The number of aromatic nitrogens is 2. The summed E-state index contributed by atoms with van der Waals surface area (Å²) >= 11 is 0. The van der Waals surface area contributed by atoms with Crippen LogP contribution in [0.5, 0.6) is 0 Å². The van der Waals surface area contributed by atoms with Gasteiger partial charge in [-0.25, -0.2) is 9.97 Å². The molecule has 0 radical (unpaired) electrons. The summed E-state index contributed by atoms with van der Waals surface area (Å²) in [6.45, 7) is 3.54. The lowest BCUT2D eigenvalue weighted by Crippen LogP contribution is -2.22. The molecule has 0 spiro atoms. The summed E-state index contributed by atoms with van der Waals surface area (Å²) in [5.41, 5.74) is 2.05. The second-order valence-corrected chi connectivity index (χ2v) is 8.08. The number of amides is 1. The Morgan fingerprint density at radius 2 is 1.70 bits per heavy atom. The molecule has 7 heteroatoms. The van der Waals surface area contributed by atoms with Crippen molar-refractivity contribution in [3.8, 4) is 11.4 Å². The van der Waals surface area contributed by atoms with Gasteiger partial charge in [-0.1, -0.05) is 55.8 Å². The molecule has 0 bridgehead atoms. The van der Waals surface area contributed by atoms with E-state index in [0.717, 1.165) is 24.9 Å². The lowest BCUT2D eigenvalue weighted by molar-refractivity contribution is 0.0980. The van der Waals surface area contributed by atoms with Gasteiger partial charge in [0.25, 0.3) is 5.91 Å². The fourth-order valence-electron chi connectivity index (χ4n) is 3.27. The van der Waals surface area contributed by atoms with Crippen molar-refractivity contribution in [2.75, 3.05) is 37.8 Å². The third-order valence-electron chi connectivity index (χ3n) is 5.09. The van der Waals surface area contributed by atoms with Crippen LogP contribution >= 0.6 is 0 Å². The Bertz CT molecular complexity index is 1080. The summed E-state index contributed by atoms with van der Waals surface area (Å²) in [6, 6.07) is 18.3. The molecule has 0 fully saturated rings. The molecular weight excluding hydrogens is 414 g/mol. The van der Waals surface area contributed by atoms with E-state index in [4.69, 9.17) is 0 Å². The van der Waals surface area contributed by atoms with Gasteiger partial charge in [0.2, 0.25) is 0 Å². The zero-order valence-electron chi connectivity index (χ0n) is 19.5. The molecule has 3 aromatic rings. The van der Waals surface area contributed by atoms with Crippen LogP contribution in [0.25, 0.3) is 11.4 Å². The number of likely N-dealkylation sites (N-methyl/N-ethyl adjacent to an activating group) is 1. The molecule has 1 amide bonds. The molecule has 2 aromatic carbocycles. The Morgan fingerprint density at radius 3 is 2.42 bits per heavy atom. The maximum atomic E-state index is 13.2. The van der Waals surface area contributed by atoms with E-state index in [0.29, 0.717) is 35.9 Å². The first-order chi connectivity index (χ1) is 16.0. The van der Waals surface area contributed by atoms with Crippen LogP contribution in [0.2, 0.25) is 0 Å². The van der Waals surface area contributed by atoms with Crippen molar-refractivity contribution in [3.05, 3.63) is 71.9 Å². The zero-order chi connectivity index (χ0) is 23.6. The van der Waals surface area contributed by atoms with Crippen LogP contribution in [0, 0.1) is 0 Å². The molecule has 172 valence electrons. The van der Waals surface area contributed by atoms with Crippen molar-refractivity contribution in [1.82, 2.24) is 14.9 Å². The number of para-hydroxylation sites is 1. The Balaban J connectivity index is 1.88. The highest BCUT2D eigenvalue weighted by Gasteiger charge is 2.17. The van der Waals surface area contributed by atoms with Crippen LogP contribution in [-0.4, -0.2) is 53.7 Å². The molecule has 7 nitrogen and oxygen atoms in total. The van der Waals surface area contributed by atoms with E-state index in [1.54, 1.807) is 30.3 Å². The molecule has 2 N–H and O–H groups in total. The fraction of sp³-hybridized carbons (Fsp3) is 0.308. The minimum atomic E-state index is -0.388. The number of ketones is 1. The second-order valence-electron chi connectivity index (χ2n) is 8.08. The zero-order valence-corrected chi connectivity index (χ0v) is 19.5. The molecule has 1 heterocycles. The number of anilines is 2. The molecular formula is C26H31N5O2. The number of nitrogens with zero attached hydrogens (tertiary/aromatic N) is 3. The van der Waals surface area contributed by atoms with Gasteiger partial charge < -0.3 is 15.5 Å². The van der Waals surface area contributed by atoms with Crippen LogP contribution in [0.4, 0.5) is 11.5 Å². The van der Waals surface area contributed by atoms with Gasteiger partial charge in [-0.3, -0.25) is 9.59 Å². The monoisotopic (exact) mass is 445 g/mol. The summed E-state index contributed by atoms with van der Waals surface area (Å²) in [5, 5.41) is 6.15. The van der Waals surface area contributed by atoms with E-state index in [9.17, 15) is 9.59 Å². The highest BCUT2D eigenvalue weighted by Crippen LogP contribution is 2.21. The molecule has 0 unspecified atom stereocenters. The van der Waals surface area contributed by atoms with Crippen molar-refractivity contribution in [2.45, 2.75) is 26.2 Å². The molecule has 0 aliphatic rings. The summed E-state index contributed by atoms with van der Waals surface area (Å²) in [4.78, 5) is 37.0. The van der Waals surface area contributed by atoms with Gasteiger partial charge in [0.1, 0.15) is 11.5 Å². The summed E-state index contributed by atoms with van der Waals surface area (Å²) in [6.07, 6.45) is 2.21. The van der Waals surface area contributed by atoms with Crippen molar-refractivity contribution < 1.29 is 9.59 Å². The lowest BCUT2D eigenvalue weighted by atomic mass is 10.0. The molecule has 0 saturated heterocycles. The minimum absolute atomic E-state index is 0.0199. The molecule has 0 atom stereocenters. The van der Waals surface area contributed by atoms with Gasteiger partial charge in [-0.2, -0.15) is 0 Å². The van der Waals surface area contributed by atoms with Crippen LogP contribution in [-0.2, 0) is 0 Å². The maximum absolute atomic E-state index is 13.2. The first-order valence-corrected chi connectivity index (χ1v) is 11.2. The first kappa shape index (κ1) is 24.1. The molecule has 0 saturated carbocycles. The lowest BCUT2D eigenvalue weighted by Gasteiger charge is -2.14. The van der Waals surface area contributed by atoms with E-state index in [1.165, 1.54) is 0 Å². The average Bonchev–Trinajstić information content (AvgIpc) is 2.83. The molecule has 3 rings (SSSR count). The Kier molecular flexibility index (Phi) is 8.66. The van der Waals surface area contributed by atoms with E-state index < -0.39 is 0 Å². The fourth-order valence-corrected chi connectivity index (χ4v) is 3.27. The summed E-state index contributed by atoms with van der Waals surface area (Å²) < 4.78 is 0. The third-order valence-corrected chi connectivity index (χ3v) is 5.09. The van der Waals surface area contributed by atoms with Crippen LogP contribution in [0.3, 0.4) is 0 Å². The van der Waals surface area contributed by atoms with Crippen molar-refractivity contribution >= 4 is 23.2 Å². The van der Waals surface area contributed by atoms with E-state index in [-0.39, 0.29) is 17.4 Å². The maximum Gasteiger partial charge on any atom is 0.274 e. The Morgan fingerprint density at radius 1 is 0.970 bits per heavy atom. The smallest absolute Gasteiger partial charge is 0.274 e. The van der Waals surface area contributed by atoms with Crippen LogP contribution in [0.1, 0.15) is 47.0 Å². The molecule has 1 aromatic heterocycles.